The van der Waals surface area contributed by atoms with E-state index < -0.39 is 16.6 Å². The number of nitrogens with one attached hydrogen (secondary N) is 1. The van der Waals surface area contributed by atoms with Crippen LogP contribution in [0.15, 0.2) is 18.2 Å². The van der Waals surface area contributed by atoms with Gasteiger partial charge in [0.1, 0.15) is 11.4 Å². The summed E-state index contributed by atoms with van der Waals surface area (Å²) in [6, 6.07) is 3.84. The van der Waals surface area contributed by atoms with Gasteiger partial charge in [0.2, 0.25) is 0 Å². The number of carbonyl (C=O) groups excluding carboxylic acids is 1. The number of hydrogen-bond donors (Lipinski definition) is 1. The van der Waals surface area contributed by atoms with Gasteiger partial charge < -0.3 is 10.2 Å². The van der Waals surface area contributed by atoms with Crippen LogP contribution < -0.4 is 5.32 Å². The summed E-state index contributed by atoms with van der Waals surface area (Å²) < 4.78 is 13.4. The molecule has 6 nitrogen and oxygen atoms in total. The highest BCUT2D eigenvalue weighted by Gasteiger charge is 2.37. The predicted octanol–water partition coefficient (Wildman–Crippen LogP) is 2.09. The predicted molar refractivity (Wildman–Crippen MR) is 78.1 cm³/mol. The number of nitro groups is 1. The number of amides is 1. The molecule has 1 aromatic rings. The van der Waals surface area contributed by atoms with Crippen LogP contribution in [-0.2, 0) is 0 Å². The molecule has 2 heterocycles. The van der Waals surface area contributed by atoms with Crippen LogP contribution >= 0.6 is 0 Å². The van der Waals surface area contributed by atoms with Gasteiger partial charge in [0.05, 0.1) is 4.92 Å². The lowest BCUT2D eigenvalue weighted by atomic mass is 9.97. The molecule has 2 saturated heterocycles. The highest BCUT2D eigenvalue weighted by Crippen LogP contribution is 2.31. The molecule has 2 unspecified atom stereocenters. The number of piperidine rings is 1. The van der Waals surface area contributed by atoms with E-state index in [1.165, 1.54) is 4.90 Å². The largest absolute Gasteiger partial charge is 0.338 e. The van der Waals surface area contributed by atoms with Crippen molar-refractivity contribution in [1.82, 2.24) is 10.2 Å². The van der Waals surface area contributed by atoms with Crippen molar-refractivity contribution in [2.24, 2.45) is 0 Å². The SMILES string of the molecule is CN(C(=O)c1cc(F)ccc1[N+](=O)[O-])C1CC2CCC(C1)N2. The maximum atomic E-state index is 13.4. The number of rotatable bonds is 3. The summed E-state index contributed by atoms with van der Waals surface area (Å²) >= 11 is 0. The van der Waals surface area contributed by atoms with Gasteiger partial charge in [-0.15, -0.1) is 0 Å². The molecule has 1 aromatic carbocycles. The van der Waals surface area contributed by atoms with Gasteiger partial charge in [-0.25, -0.2) is 4.39 Å². The van der Waals surface area contributed by atoms with Crippen LogP contribution in [0.25, 0.3) is 0 Å². The van der Waals surface area contributed by atoms with Crippen molar-refractivity contribution in [3.8, 4) is 0 Å². The molecule has 1 amide bonds. The van der Waals surface area contributed by atoms with Crippen LogP contribution in [0, 0.1) is 15.9 Å². The Bertz CT molecular complexity index is 610. The van der Waals surface area contributed by atoms with Crippen molar-refractivity contribution < 1.29 is 14.1 Å². The standard InChI is InChI=1S/C15H18FN3O3/c1-18(12-7-10-3-4-11(8-12)17-10)15(20)13-6-9(16)2-5-14(13)19(21)22/h2,5-6,10-12,17H,3-4,7-8H2,1H3. The van der Waals surface area contributed by atoms with Gasteiger partial charge in [-0.3, -0.25) is 14.9 Å². The number of carbonyl (C=O) groups is 1. The van der Waals surface area contributed by atoms with Crippen molar-refractivity contribution in [2.45, 2.75) is 43.8 Å². The van der Waals surface area contributed by atoms with Crippen LogP contribution in [-0.4, -0.2) is 40.9 Å². The molecule has 1 N–H and O–H groups in total. The third-order valence-corrected chi connectivity index (χ3v) is 4.70. The maximum Gasteiger partial charge on any atom is 0.282 e. The summed E-state index contributed by atoms with van der Waals surface area (Å²) in [5, 5.41) is 14.5. The zero-order valence-electron chi connectivity index (χ0n) is 12.3. The second-order valence-corrected chi connectivity index (χ2v) is 6.10. The number of nitro benzene ring substituents is 1. The van der Waals surface area contributed by atoms with E-state index in [9.17, 15) is 19.3 Å². The van der Waals surface area contributed by atoms with E-state index in [2.05, 4.69) is 5.32 Å². The molecular weight excluding hydrogens is 289 g/mol. The number of hydrogen-bond acceptors (Lipinski definition) is 4. The topological polar surface area (TPSA) is 75.5 Å². The van der Waals surface area contributed by atoms with Crippen LogP contribution in [0.5, 0.6) is 0 Å². The minimum Gasteiger partial charge on any atom is -0.338 e. The molecule has 2 atom stereocenters. The van der Waals surface area contributed by atoms with Crippen LogP contribution in [0.2, 0.25) is 0 Å². The van der Waals surface area contributed by atoms with Crippen molar-refractivity contribution in [1.29, 1.82) is 0 Å². The first kappa shape index (κ1) is 14.9. The van der Waals surface area contributed by atoms with Gasteiger partial charge in [0.25, 0.3) is 11.6 Å². The van der Waals surface area contributed by atoms with Crippen LogP contribution in [0.1, 0.15) is 36.0 Å². The summed E-state index contributed by atoms with van der Waals surface area (Å²) in [6.45, 7) is 0. The van der Waals surface area contributed by atoms with Crippen LogP contribution in [0.3, 0.4) is 0 Å². The lowest BCUT2D eigenvalue weighted by Gasteiger charge is -2.35. The fraction of sp³-hybridized carbons (Fsp3) is 0.533. The normalized spacial score (nSPS) is 26.7. The second kappa shape index (κ2) is 5.64. The van der Waals surface area contributed by atoms with Crippen molar-refractivity contribution in [3.63, 3.8) is 0 Å². The average Bonchev–Trinajstić information content (AvgIpc) is 2.83. The van der Waals surface area contributed by atoms with E-state index in [0.29, 0.717) is 12.1 Å². The minimum absolute atomic E-state index is 0.0362. The van der Waals surface area contributed by atoms with Crippen molar-refractivity contribution in [2.75, 3.05) is 7.05 Å². The Morgan fingerprint density at radius 2 is 2.00 bits per heavy atom. The molecule has 0 saturated carbocycles. The van der Waals surface area contributed by atoms with Gasteiger partial charge in [0, 0.05) is 31.2 Å². The molecule has 22 heavy (non-hydrogen) atoms. The molecule has 2 fully saturated rings. The van der Waals surface area contributed by atoms with Gasteiger partial charge in [-0.05, 0) is 37.8 Å². The summed E-state index contributed by atoms with van der Waals surface area (Å²) in [5.41, 5.74) is -0.534. The maximum absolute atomic E-state index is 13.4. The lowest BCUT2D eigenvalue weighted by Crippen LogP contribution is -2.48. The first-order valence-corrected chi connectivity index (χ1v) is 7.43. The van der Waals surface area contributed by atoms with Gasteiger partial charge in [0.15, 0.2) is 0 Å². The molecule has 0 aromatic heterocycles. The Morgan fingerprint density at radius 3 is 2.59 bits per heavy atom. The third-order valence-electron chi connectivity index (χ3n) is 4.70. The number of fused-ring (bicyclic) bond motifs is 2. The van der Waals surface area contributed by atoms with E-state index in [0.717, 1.165) is 43.9 Å². The van der Waals surface area contributed by atoms with Gasteiger partial charge in [-0.1, -0.05) is 0 Å². The molecular formula is C15H18FN3O3. The fourth-order valence-corrected chi connectivity index (χ4v) is 3.54. The number of halogens is 1. The summed E-state index contributed by atoms with van der Waals surface area (Å²) in [6.07, 6.45) is 3.87. The number of nitrogens with zero attached hydrogens (tertiary/aromatic N) is 2. The molecule has 0 aliphatic carbocycles. The first-order valence-electron chi connectivity index (χ1n) is 7.43. The minimum atomic E-state index is -0.646. The molecule has 7 heteroatoms. The number of benzene rings is 1. The zero-order valence-corrected chi connectivity index (χ0v) is 12.3. The molecule has 0 radical (unpaired) electrons. The molecule has 2 aliphatic rings. The smallest absolute Gasteiger partial charge is 0.282 e. The molecule has 0 spiro atoms. The highest BCUT2D eigenvalue weighted by molar-refractivity contribution is 5.98. The van der Waals surface area contributed by atoms with Crippen LogP contribution in [0.4, 0.5) is 10.1 Å². The van der Waals surface area contributed by atoms with Crippen molar-refractivity contribution >= 4 is 11.6 Å². The van der Waals surface area contributed by atoms with Crippen molar-refractivity contribution in [3.05, 3.63) is 39.7 Å². The molecule has 2 bridgehead atoms. The highest BCUT2D eigenvalue weighted by atomic mass is 19.1. The van der Waals surface area contributed by atoms with Gasteiger partial charge in [-0.2, -0.15) is 0 Å². The quantitative estimate of drug-likeness (QED) is 0.685. The Balaban J connectivity index is 1.84. The third kappa shape index (κ3) is 2.68. The summed E-state index contributed by atoms with van der Waals surface area (Å²) in [7, 11) is 1.65. The Morgan fingerprint density at radius 1 is 1.36 bits per heavy atom. The Labute approximate surface area is 127 Å². The average molecular weight is 307 g/mol. The van der Waals surface area contributed by atoms with E-state index in [1.807, 2.05) is 0 Å². The molecule has 3 rings (SSSR count). The Hall–Kier alpha value is -2.02. The first-order chi connectivity index (χ1) is 10.5. The summed E-state index contributed by atoms with van der Waals surface area (Å²) in [4.78, 5) is 24.5. The zero-order chi connectivity index (χ0) is 15.9. The second-order valence-electron chi connectivity index (χ2n) is 6.10. The molecule has 2 aliphatic heterocycles. The van der Waals surface area contributed by atoms with E-state index >= 15 is 0 Å². The lowest BCUT2D eigenvalue weighted by molar-refractivity contribution is -0.385. The summed E-state index contributed by atoms with van der Waals surface area (Å²) in [5.74, 6) is -1.13. The van der Waals surface area contributed by atoms with E-state index in [-0.39, 0.29) is 17.3 Å². The van der Waals surface area contributed by atoms with E-state index in [1.54, 1.807) is 7.05 Å². The van der Waals surface area contributed by atoms with Gasteiger partial charge >= 0.3 is 0 Å². The molecule has 118 valence electrons. The van der Waals surface area contributed by atoms with E-state index in [4.69, 9.17) is 0 Å². The fourth-order valence-electron chi connectivity index (χ4n) is 3.54. The monoisotopic (exact) mass is 307 g/mol. The Kier molecular flexibility index (Phi) is 3.82.